The zero-order valence-corrected chi connectivity index (χ0v) is 7.55. The minimum atomic E-state index is 0.681. The quantitative estimate of drug-likeness (QED) is 0.624. The minimum absolute atomic E-state index is 0.681. The van der Waals surface area contributed by atoms with Crippen LogP contribution in [0.2, 0.25) is 0 Å². The molecule has 70 valence electrons. The Morgan fingerprint density at radius 1 is 1.36 bits per heavy atom. The van der Waals surface area contributed by atoms with Crippen molar-refractivity contribution in [2.45, 2.75) is 6.54 Å². The van der Waals surface area contributed by atoms with Crippen molar-refractivity contribution in [2.24, 2.45) is 0 Å². The number of aromatic nitrogens is 3. The van der Waals surface area contributed by atoms with Crippen molar-refractivity contribution in [1.29, 1.82) is 0 Å². The van der Waals surface area contributed by atoms with Gasteiger partial charge in [-0.25, -0.2) is 4.98 Å². The molecule has 3 rings (SSSR count). The fraction of sp³-hybridized carbons (Fsp3) is 0.200. The maximum absolute atomic E-state index is 5.59. The summed E-state index contributed by atoms with van der Waals surface area (Å²) in [6, 6.07) is 1.87. The molecule has 2 aromatic heterocycles. The summed E-state index contributed by atoms with van der Waals surface area (Å²) in [5.41, 5.74) is 0.968. The second-order valence-corrected chi connectivity index (χ2v) is 3.16. The van der Waals surface area contributed by atoms with Gasteiger partial charge in [-0.3, -0.25) is 4.98 Å². The van der Waals surface area contributed by atoms with Crippen molar-refractivity contribution in [2.75, 3.05) is 6.61 Å². The van der Waals surface area contributed by atoms with Crippen LogP contribution in [0.25, 0.3) is 11.4 Å². The standard InChI is InChI=1S/C10H9N3O/c1-2-11-7-8-9(1)14-6-5-13-4-3-12-10(8)13/h1-4,7H,5-6H2. The molecule has 1 aliphatic rings. The third-order valence-corrected chi connectivity index (χ3v) is 2.33. The molecule has 14 heavy (non-hydrogen) atoms. The van der Waals surface area contributed by atoms with Crippen LogP contribution in [0.5, 0.6) is 5.75 Å². The summed E-state index contributed by atoms with van der Waals surface area (Å²) in [5, 5.41) is 0. The Balaban J connectivity index is 2.27. The van der Waals surface area contributed by atoms with Gasteiger partial charge in [0.15, 0.2) is 0 Å². The molecule has 0 saturated heterocycles. The van der Waals surface area contributed by atoms with Gasteiger partial charge in [-0.1, -0.05) is 0 Å². The predicted octanol–water partition coefficient (Wildman–Crippen LogP) is 1.34. The van der Waals surface area contributed by atoms with Gasteiger partial charge in [-0.15, -0.1) is 0 Å². The molecule has 1 aliphatic heterocycles. The number of fused-ring (bicyclic) bond motifs is 3. The Kier molecular flexibility index (Phi) is 1.53. The Morgan fingerprint density at radius 3 is 3.36 bits per heavy atom. The van der Waals surface area contributed by atoms with E-state index < -0.39 is 0 Å². The number of nitrogens with zero attached hydrogens (tertiary/aromatic N) is 3. The number of rotatable bonds is 0. The third kappa shape index (κ3) is 1.00. The van der Waals surface area contributed by atoms with Gasteiger partial charge in [0.05, 0.1) is 12.1 Å². The summed E-state index contributed by atoms with van der Waals surface area (Å²) < 4.78 is 7.67. The largest absolute Gasteiger partial charge is 0.491 e. The zero-order valence-electron chi connectivity index (χ0n) is 7.55. The van der Waals surface area contributed by atoms with Crippen LogP contribution in [0.15, 0.2) is 30.9 Å². The maximum Gasteiger partial charge on any atom is 0.145 e. The number of imidazole rings is 1. The van der Waals surface area contributed by atoms with Gasteiger partial charge in [0.25, 0.3) is 0 Å². The summed E-state index contributed by atoms with van der Waals surface area (Å²) in [7, 11) is 0. The van der Waals surface area contributed by atoms with E-state index in [9.17, 15) is 0 Å². The highest BCUT2D eigenvalue weighted by molar-refractivity contribution is 5.63. The molecule has 2 aromatic rings. The van der Waals surface area contributed by atoms with Crippen LogP contribution in [0.1, 0.15) is 0 Å². The summed E-state index contributed by atoms with van der Waals surface area (Å²) >= 11 is 0. The van der Waals surface area contributed by atoms with E-state index in [-0.39, 0.29) is 0 Å². The molecular weight excluding hydrogens is 178 g/mol. The van der Waals surface area contributed by atoms with E-state index >= 15 is 0 Å². The number of ether oxygens (including phenoxy) is 1. The Morgan fingerprint density at radius 2 is 2.36 bits per heavy atom. The lowest BCUT2D eigenvalue weighted by molar-refractivity contribution is 0.306. The Bertz CT molecular complexity index is 464. The van der Waals surface area contributed by atoms with Crippen molar-refractivity contribution >= 4 is 0 Å². The molecule has 0 aromatic carbocycles. The van der Waals surface area contributed by atoms with Crippen LogP contribution in [0.3, 0.4) is 0 Å². The molecule has 0 atom stereocenters. The lowest BCUT2D eigenvalue weighted by Gasteiger charge is -2.03. The van der Waals surface area contributed by atoms with Crippen molar-refractivity contribution in [3.8, 4) is 17.1 Å². The van der Waals surface area contributed by atoms with Gasteiger partial charge in [-0.05, 0) is 6.07 Å². The highest BCUT2D eigenvalue weighted by Gasteiger charge is 2.15. The lowest BCUT2D eigenvalue weighted by atomic mass is 10.2. The second kappa shape index (κ2) is 2.83. The first kappa shape index (κ1) is 7.55. The van der Waals surface area contributed by atoms with E-state index in [2.05, 4.69) is 14.5 Å². The molecule has 0 N–H and O–H groups in total. The zero-order chi connectivity index (χ0) is 9.38. The molecule has 0 bridgehead atoms. The highest BCUT2D eigenvalue weighted by atomic mass is 16.5. The molecular formula is C10H9N3O. The SMILES string of the molecule is c1cc2c(cn1)-c1nccn1CCO2. The summed E-state index contributed by atoms with van der Waals surface area (Å²) in [6.07, 6.45) is 7.29. The first-order valence-electron chi connectivity index (χ1n) is 4.53. The van der Waals surface area contributed by atoms with Crippen molar-refractivity contribution in [3.05, 3.63) is 30.9 Å². The van der Waals surface area contributed by atoms with Gasteiger partial charge in [0, 0.05) is 24.8 Å². The third-order valence-electron chi connectivity index (χ3n) is 2.33. The molecule has 0 fully saturated rings. The molecule has 0 aliphatic carbocycles. The van der Waals surface area contributed by atoms with Gasteiger partial charge in [0.2, 0.25) is 0 Å². The number of hydrogen-bond acceptors (Lipinski definition) is 3. The first-order valence-corrected chi connectivity index (χ1v) is 4.53. The normalized spacial score (nSPS) is 13.7. The van der Waals surface area contributed by atoms with Crippen LogP contribution >= 0.6 is 0 Å². The molecule has 0 unspecified atom stereocenters. The molecule has 0 radical (unpaired) electrons. The van der Waals surface area contributed by atoms with E-state index in [1.54, 1.807) is 18.6 Å². The van der Waals surface area contributed by atoms with Crippen LogP contribution in [-0.2, 0) is 6.54 Å². The van der Waals surface area contributed by atoms with Gasteiger partial charge in [0.1, 0.15) is 18.2 Å². The van der Waals surface area contributed by atoms with Crippen LogP contribution in [-0.4, -0.2) is 21.1 Å². The molecule has 3 heterocycles. The van der Waals surface area contributed by atoms with Crippen LogP contribution in [0, 0.1) is 0 Å². The van der Waals surface area contributed by atoms with Gasteiger partial charge < -0.3 is 9.30 Å². The minimum Gasteiger partial charge on any atom is -0.491 e. The fourth-order valence-corrected chi connectivity index (χ4v) is 1.66. The average molecular weight is 187 g/mol. The van der Waals surface area contributed by atoms with Crippen LogP contribution in [0.4, 0.5) is 0 Å². The van der Waals surface area contributed by atoms with E-state index in [1.165, 1.54) is 0 Å². The van der Waals surface area contributed by atoms with Crippen molar-refractivity contribution in [3.63, 3.8) is 0 Å². The summed E-state index contributed by atoms with van der Waals surface area (Å²) in [4.78, 5) is 8.39. The number of pyridine rings is 1. The van der Waals surface area contributed by atoms with Gasteiger partial charge in [-0.2, -0.15) is 0 Å². The molecule has 4 heteroatoms. The Labute approximate surface area is 81.2 Å². The van der Waals surface area contributed by atoms with E-state index in [0.29, 0.717) is 6.61 Å². The van der Waals surface area contributed by atoms with Crippen molar-refractivity contribution in [1.82, 2.24) is 14.5 Å². The Hall–Kier alpha value is -1.84. The highest BCUT2D eigenvalue weighted by Crippen LogP contribution is 2.29. The summed E-state index contributed by atoms with van der Waals surface area (Å²) in [5.74, 6) is 1.80. The maximum atomic E-state index is 5.59. The monoisotopic (exact) mass is 187 g/mol. The van der Waals surface area contributed by atoms with E-state index in [1.807, 2.05) is 12.3 Å². The van der Waals surface area contributed by atoms with E-state index in [0.717, 1.165) is 23.7 Å². The van der Waals surface area contributed by atoms with Gasteiger partial charge >= 0.3 is 0 Å². The average Bonchev–Trinajstić information content (AvgIpc) is 2.61. The lowest BCUT2D eigenvalue weighted by Crippen LogP contribution is -2.04. The summed E-state index contributed by atoms with van der Waals surface area (Å²) in [6.45, 7) is 1.52. The molecule has 4 nitrogen and oxygen atoms in total. The molecule has 0 saturated carbocycles. The molecule has 0 spiro atoms. The first-order chi connectivity index (χ1) is 6.95. The van der Waals surface area contributed by atoms with Crippen molar-refractivity contribution < 1.29 is 4.74 Å². The van der Waals surface area contributed by atoms with E-state index in [4.69, 9.17) is 4.74 Å². The topological polar surface area (TPSA) is 39.9 Å². The van der Waals surface area contributed by atoms with Crippen LogP contribution < -0.4 is 4.74 Å². The molecule has 0 amide bonds. The predicted molar refractivity (Wildman–Crippen MR) is 51.0 cm³/mol. The second-order valence-electron chi connectivity index (χ2n) is 3.16. The fourth-order valence-electron chi connectivity index (χ4n) is 1.66. The number of hydrogen-bond donors (Lipinski definition) is 0. The smallest absolute Gasteiger partial charge is 0.145 e.